The van der Waals surface area contributed by atoms with Crippen molar-refractivity contribution in [3.05, 3.63) is 51.7 Å². The van der Waals surface area contributed by atoms with Gasteiger partial charge in [-0.3, -0.25) is 9.20 Å². The Morgan fingerprint density at radius 3 is 3.04 bits per heavy atom. The molecule has 23 heavy (non-hydrogen) atoms. The van der Waals surface area contributed by atoms with Gasteiger partial charge in [0.2, 0.25) is 0 Å². The number of amides is 1. The topological polar surface area (TPSA) is 55.6 Å². The minimum Gasteiger partial charge on any atom is -0.482 e. The summed E-state index contributed by atoms with van der Waals surface area (Å²) in [7, 11) is 0. The number of imidazole rings is 1. The Morgan fingerprint density at radius 1 is 1.39 bits per heavy atom. The maximum absolute atomic E-state index is 11.8. The SMILES string of the molecule is O=C(COc1ccc(Cl)cc1Cl)NCCc1cn2ccsc2n1. The normalized spacial score (nSPS) is 10.9. The first-order valence-electron chi connectivity index (χ1n) is 6.87. The van der Waals surface area contributed by atoms with Gasteiger partial charge in [-0.05, 0) is 18.2 Å². The van der Waals surface area contributed by atoms with Crippen molar-refractivity contribution in [1.82, 2.24) is 14.7 Å². The Kier molecular flexibility index (Phi) is 5.05. The number of halogens is 2. The maximum atomic E-state index is 11.8. The summed E-state index contributed by atoms with van der Waals surface area (Å²) in [4.78, 5) is 17.2. The minimum atomic E-state index is -0.211. The first kappa shape index (κ1) is 16.1. The van der Waals surface area contributed by atoms with Gasteiger partial charge in [-0.25, -0.2) is 4.98 Å². The van der Waals surface area contributed by atoms with Crippen molar-refractivity contribution >= 4 is 45.4 Å². The van der Waals surface area contributed by atoms with Crippen LogP contribution >= 0.6 is 34.5 Å². The number of rotatable bonds is 6. The van der Waals surface area contributed by atoms with Crippen LogP contribution in [-0.4, -0.2) is 28.4 Å². The summed E-state index contributed by atoms with van der Waals surface area (Å²) in [5, 5.41) is 5.67. The lowest BCUT2D eigenvalue weighted by atomic mass is 10.3. The van der Waals surface area contributed by atoms with Crippen LogP contribution in [0.5, 0.6) is 5.75 Å². The molecular formula is C15H13Cl2N3O2S. The van der Waals surface area contributed by atoms with E-state index >= 15 is 0 Å². The van der Waals surface area contributed by atoms with Gasteiger partial charge in [0, 0.05) is 35.8 Å². The van der Waals surface area contributed by atoms with E-state index in [4.69, 9.17) is 27.9 Å². The number of hydrogen-bond donors (Lipinski definition) is 1. The van der Waals surface area contributed by atoms with Gasteiger partial charge in [-0.2, -0.15) is 0 Å². The van der Waals surface area contributed by atoms with E-state index in [0.29, 0.717) is 28.8 Å². The van der Waals surface area contributed by atoms with Crippen LogP contribution in [0.15, 0.2) is 36.0 Å². The molecule has 0 aliphatic carbocycles. The molecule has 8 heteroatoms. The molecule has 0 bridgehead atoms. The van der Waals surface area contributed by atoms with E-state index in [1.807, 2.05) is 22.2 Å². The monoisotopic (exact) mass is 369 g/mol. The van der Waals surface area contributed by atoms with Gasteiger partial charge in [-0.1, -0.05) is 23.2 Å². The van der Waals surface area contributed by atoms with Crippen molar-refractivity contribution in [3.63, 3.8) is 0 Å². The molecular weight excluding hydrogens is 357 g/mol. The fraction of sp³-hybridized carbons (Fsp3) is 0.200. The standard InChI is InChI=1S/C15H13Cl2N3O2S/c16-10-1-2-13(12(17)7-10)22-9-14(21)18-4-3-11-8-20-5-6-23-15(20)19-11/h1-2,5-8H,3-4,9H2,(H,18,21). The fourth-order valence-corrected chi connectivity index (χ4v) is 3.20. The predicted molar refractivity (Wildman–Crippen MR) is 91.7 cm³/mol. The van der Waals surface area contributed by atoms with Crippen LogP contribution in [0.2, 0.25) is 10.0 Å². The molecule has 0 atom stereocenters. The molecule has 2 heterocycles. The van der Waals surface area contributed by atoms with Crippen LogP contribution < -0.4 is 10.1 Å². The summed E-state index contributed by atoms with van der Waals surface area (Å²) in [5.74, 6) is 0.220. The summed E-state index contributed by atoms with van der Waals surface area (Å²) in [6, 6.07) is 4.86. The highest BCUT2D eigenvalue weighted by molar-refractivity contribution is 7.15. The first-order valence-corrected chi connectivity index (χ1v) is 8.51. The van der Waals surface area contributed by atoms with E-state index in [0.717, 1.165) is 10.7 Å². The molecule has 3 rings (SSSR count). The molecule has 3 aromatic rings. The lowest BCUT2D eigenvalue weighted by Crippen LogP contribution is -2.30. The van der Waals surface area contributed by atoms with Crippen LogP contribution in [0.4, 0.5) is 0 Å². The number of ether oxygens (including phenoxy) is 1. The van der Waals surface area contributed by atoms with Gasteiger partial charge < -0.3 is 10.1 Å². The number of carbonyl (C=O) groups is 1. The van der Waals surface area contributed by atoms with Crippen molar-refractivity contribution in [1.29, 1.82) is 0 Å². The molecule has 2 aromatic heterocycles. The summed E-state index contributed by atoms with van der Waals surface area (Å²) in [6.45, 7) is 0.404. The number of nitrogens with zero attached hydrogens (tertiary/aromatic N) is 2. The van der Waals surface area contributed by atoms with Gasteiger partial charge in [-0.15, -0.1) is 11.3 Å². The van der Waals surface area contributed by atoms with Gasteiger partial charge in [0.05, 0.1) is 10.7 Å². The quantitative estimate of drug-likeness (QED) is 0.723. The number of aromatic nitrogens is 2. The lowest BCUT2D eigenvalue weighted by molar-refractivity contribution is -0.123. The summed E-state index contributed by atoms with van der Waals surface area (Å²) in [5.41, 5.74) is 0.943. The van der Waals surface area contributed by atoms with E-state index < -0.39 is 0 Å². The summed E-state index contributed by atoms with van der Waals surface area (Å²) < 4.78 is 7.34. The highest BCUT2D eigenvalue weighted by atomic mass is 35.5. The van der Waals surface area contributed by atoms with Gasteiger partial charge in [0.1, 0.15) is 5.75 Å². The van der Waals surface area contributed by atoms with Crippen molar-refractivity contribution in [2.24, 2.45) is 0 Å². The third-order valence-corrected chi connectivity index (χ3v) is 4.40. The molecule has 0 aliphatic heterocycles. The van der Waals surface area contributed by atoms with Crippen molar-refractivity contribution in [2.75, 3.05) is 13.2 Å². The van der Waals surface area contributed by atoms with E-state index in [-0.39, 0.29) is 12.5 Å². The molecule has 1 N–H and O–H groups in total. The number of nitrogens with one attached hydrogen (secondary N) is 1. The molecule has 0 fully saturated rings. The average Bonchev–Trinajstić information content (AvgIpc) is 3.07. The van der Waals surface area contributed by atoms with Gasteiger partial charge in [0.15, 0.2) is 11.6 Å². The molecule has 0 aliphatic rings. The number of fused-ring (bicyclic) bond motifs is 1. The van der Waals surface area contributed by atoms with E-state index in [9.17, 15) is 4.79 Å². The van der Waals surface area contributed by atoms with E-state index in [2.05, 4.69) is 10.3 Å². The first-order chi connectivity index (χ1) is 11.1. The largest absolute Gasteiger partial charge is 0.482 e. The summed E-state index contributed by atoms with van der Waals surface area (Å²) in [6.07, 6.45) is 4.59. The molecule has 1 aromatic carbocycles. The zero-order valence-electron chi connectivity index (χ0n) is 12.0. The van der Waals surface area contributed by atoms with E-state index in [1.165, 1.54) is 0 Å². The van der Waals surface area contributed by atoms with Crippen LogP contribution in [0.3, 0.4) is 0 Å². The van der Waals surface area contributed by atoms with Gasteiger partial charge >= 0.3 is 0 Å². The smallest absolute Gasteiger partial charge is 0.257 e. The third-order valence-electron chi connectivity index (χ3n) is 3.10. The highest BCUT2D eigenvalue weighted by Gasteiger charge is 2.07. The number of carbonyl (C=O) groups excluding carboxylic acids is 1. The average molecular weight is 370 g/mol. The van der Waals surface area contributed by atoms with Crippen LogP contribution in [-0.2, 0) is 11.2 Å². The third kappa shape index (κ3) is 4.16. The molecule has 0 radical (unpaired) electrons. The Bertz CT molecular complexity index is 803. The molecule has 0 saturated carbocycles. The fourth-order valence-electron chi connectivity index (χ4n) is 2.01. The highest BCUT2D eigenvalue weighted by Crippen LogP contribution is 2.27. The maximum Gasteiger partial charge on any atom is 0.257 e. The molecule has 0 unspecified atom stereocenters. The molecule has 120 valence electrons. The Labute approximate surface area is 146 Å². The predicted octanol–water partition coefficient (Wildman–Crippen LogP) is 3.44. The van der Waals surface area contributed by atoms with Crippen LogP contribution in [0.1, 0.15) is 5.69 Å². The summed E-state index contributed by atoms with van der Waals surface area (Å²) >= 11 is 13.4. The van der Waals surface area contributed by atoms with Crippen LogP contribution in [0.25, 0.3) is 4.96 Å². The van der Waals surface area contributed by atoms with E-state index in [1.54, 1.807) is 29.5 Å². The van der Waals surface area contributed by atoms with Crippen molar-refractivity contribution < 1.29 is 9.53 Å². The van der Waals surface area contributed by atoms with Crippen molar-refractivity contribution in [3.8, 4) is 5.75 Å². The molecule has 0 spiro atoms. The minimum absolute atomic E-state index is 0.0976. The van der Waals surface area contributed by atoms with Gasteiger partial charge in [0.25, 0.3) is 5.91 Å². The lowest BCUT2D eigenvalue weighted by Gasteiger charge is -2.08. The molecule has 5 nitrogen and oxygen atoms in total. The zero-order chi connectivity index (χ0) is 16.2. The Balaban J connectivity index is 1.43. The second kappa shape index (κ2) is 7.21. The zero-order valence-corrected chi connectivity index (χ0v) is 14.3. The Morgan fingerprint density at radius 2 is 2.26 bits per heavy atom. The molecule has 1 amide bonds. The second-order valence-corrected chi connectivity index (χ2v) is 6.51. The number of hydrogen-bond acceptors (Lipinski definition) is 4. The number of thiazole rings is 1. The second-order valence-electron chi connectivity index (χ2n) is 4.79. The number of benzene rings is 1. The van der Waals surface area contributed by atoms with Crippen molar-refractivity contribution in [2.45, 2.75) is 6.42 Å². The molecule has 0 saturated heterocycles. The Hall–Kier alpha value is -1.76. The van der Waals surface area contributed by atoms with Crippen LogP contribution in [0, 0.1) is 0 Å².